The van der Waals surface area contributed by atoms with E-state index in [9.17, 15) is 4.39 Å². The number of rotatable bonds is 0. The van der Waals surface area contributed by atoms with Gasteiger partial charge in [0.1, 0.15) is 11.0 Å². The van der Waals surface area contributed by atoms with Crippen LogP contribution < -0.4 is 0 Å². The molecule has 2 aliphatic rings. The summed E-state index contributed by atoms with van der Waals surface area (Å²) in [5, 5.41) is 0.571. The van der Waals surface area contributed by atoms with Gasteiger partial charge in [0.15, 0.2) is 0 Å². The highest BCUT2D eigenvalue weighted by atomic mass is 35.5. The summed E-state index contributed by atoms with van der Waals surface area (Å²) in [7, 11) is 0. The maximum absolute atomic E-state index is 13.2. The molecule has 0 saturated heterocycles. The number of nitrogens with zero attached hydrogens (tertiary/aromatic N) is 1. The predicted octanol–water partition coefficient (Wildman–Crippen LogP) is 4.47. The Morgan fingerprint density at radius 1 is 1.29 bits per heavy atom. The third kappa shape index (κ3) is 2.05. The van der Waals surface area contributed by atoms with Crippen molar-refractivity contribution >= 4 is 34.2 Å². The highest BCUT2D eigenvalue weighted by Crippen LogP contribution is 2.42. The molecule has 1 aromatic rings. The van der Waals surface area contributed by atoms with Crippen LogP contribution in [0, 0.1) is 5.92 Å². The summed E-state index contributed by atoms with van der Waals surface area (Å²) in [5.41, 5.74) is 0.860. The smallest absolute Gasteiger partial charge is 0.119 e. The number of hydrogen-bond donors (Lipinski definition) is 0. The third-order valence-corrected chi connectivity index (χ3v) is 4.43. The molecule has 0 fully saturated rings. The lowest BCUT2D eigenvalue weighted by molar-refractivity contribution is 0.643. The summed E-state index contributed by atoms with van der Waals surface area (Å²) in [5.74, 6) is -0.412. The fourth-order valence-electron chi connectivity index (χ4n) is 1.93. The standard InChI is InChI=1S/C13H9ClFNS/c14-13-9-7-8(15)5-6-11(9)17-12-4-2-1-3-10(12)16-13/h1-7,9,11H. The second-order valence-corrected chi connectivity index (χ2v) is 5.53. The van der Waals surface area contributed by atoms with E-state index in [0.29, 0.717) is 5.17 Å². The lowest BCUT2D eigenvalue weighted by Crippen LogP contribution is -2.20. The molecule has 0 bridgehead atoms. The number of aliphatic imine (C=N–C) groups is 1. The first-order chi connectivity index (χ1) is 8.24. The van der Waals surface area contributed by atoms with Gasteiger partial charge in [-0.1, -0.05) is 29.8 Å². The Morgan fingerprint density at radius 3 is 3.00 bits per heavy atom. The maximum atomic E-state index is 13.2. The van der Waals surface area contributed by atoms with Crippen LogP contribution in [0.4, 0.5) is 10.1 Å². The van der Waals surface area contributed by atoms with Crippen molar-refractivity contribution in [2.24, 2.45) is 10.9 Å². The van der Waals surface area contributed by atoms with Crippen LogP contribution in [0.15, 0.2) is 58.2 Å². The number of allylic oxidation sites excluding steroid dienone is 3. The Labute approximate surface area is 108 Å². The van der Waals surface area contributed by atoms with E-state index in [-0.39, 0.29) is 17.0 Å². The molecule has 86 valence electrons. The summed E-state index contributed by atoms with van der Waals surface area (Å²) >= 11 is 7.85. The molecular formula is C13H9ClFNS. The molecule has 2 unspecified atom stereocenters. The number of fused-ring (bicyclic) bond motifs is 2. The van der Waals surface area contributed by atoms with Crippen LogP contribution in [-0.2, 0) is 0 Å². The summed E-state index contributed by atoms with van der Waals surface area (Å²) in [4.78, 5) is 5.46. The number of halogens is 2. The zero-order valence-electron chi connectivity index (χ0n) is 8.81. The van der Waals surface area contributed by atoms with Gasteiger partial charge in [0.05, 0.1) is 5.69 Å². The van der Waals surface area contributed by atoms with Gasteiger partial charge < -0.3 is 0 Å². The van der Waals surface area contributed by atoms with Gasteiger partial charge in [-0.2, -0.15) is 0 Å². The van der Waals surface area contributed by atoms with Crippen molar-refractivity contribution in [3.05, 3.63) is 48.3 Å². The lowest BCUT2D eigenvalue weighted by atomic mass is 10.0. The predicted molar refractivity (Wildman–Crippen MR) is 70.9 cm³/mol. The minimum absolute atomic E-state index is 0.120. The number of para-hydroxylation sites is 1. The molecule has 4 heteroatoms. The van der Waals surface area contributed by atoms with Gasteiger partial charge in [-0.3, -0.25) is 0 Å². The second kappa shape index (κ2) is 4.31. The lowest BCUT2D eigenvalue weighted by Gasteiger charge is -2.20. The van der Waals surface area contributed by atoms with Crippen LogP contribution in [0.3, 0.4) is 0 Å². The normalized spacial score (nSPS) is 26.5. The molecule has 3 rings (SSSR count). The Bertz CT molecular complexity index is 550. The van der Waals surface area contributed by atoms with Crippen LogP contribution in [0.2, 0.25) is 0 Å². The minimum Gasteiger partial charge on any atom is -0.239 e. The van der Waals surface area contributed by atoms with Gasteiger partial charge >= 0.3 is 0 Å². The number of thioether (sulfide) groups is 1. The van der Waals surface area contributed by atoms with E-state index < -0.39 is 0 Å². The van der Waals surface area contributed by atoms with Crippen LogP contribution >= 0.6 is 23.4 Å². The second-order valence-electron chi connectivity index (χ2n) is 3.92. The zero-order valence-corrected chi connectivity index (χ0v) is 10.4. The summed E-state index contributed by atoms with van der Waals surface area (Å²) in [6.07, 6.45) is 4.88. The molecule has 0 aromatic heterocycles. The van der Waals surface area contributed by atoms with Crippen molar-refractivity contribution in [3.63, 3.8) is 0 Å². The topological polar surface area (TPSA) is 12.4 Å². The Kier molecular flexibility index (Phi) is 2.81. The van der Waals surface area contributed by atoms with Crippen molar-refractivity contribution in [2.45, 2.75) is 10.1 Å². The van der Waals surface area contributed by atoms with E-state index in [1.54, 1.807) is 11.8 Å². The maximum Gasteiger partial charge on any atom is 0.119 e. The van der Waals surface area contributed by atoms with Gasteiger partial charge in [0.25, 0.3) is 0 Å². The highest BCUT2D eigenvalue weighted by molar-refractivity contribution is 8.00. The molecule has 1 heterocycles. The molecule has 0 amide bonds. The molecule has 0 spiro atoms. The summed E-state index contributed by atoms with van der Waals surface area (Å²) in [6.45, 7) is 0. The summed E-state index contributed by atoms with van der Waals surface area (Å²) in [6, 6.07) is 7.83. The van der Waals surface area contributed by atoms with E-state index in [0.717, 1.165) is 10.6 Å². The van der Waals surface area contributed by atoms with E-state index in [4.69, 9.17) is 11.6 Å². The van der Waals surface area contributed by atoms with Crippen molar-refractivity contribution < 1.29 is 4.39 Å². The summed E-state index contributed by atoms with van der Waals surface area (Å²) < 4.78 is 13.2. The Balaban J connectivity index is 2.09. The molecule has 0 radical (unpaired) electrons. The first-order valence-electron chi connectivity index (χ1n) is 5.29. The molecule has 0 N–H and O–H groups in total. The Hall–Kier alpha value is -1.06. The van der Waals surface area contributed by atoms with Crippen LogP contribution in [0.5, 0.6) is 0 Å². The fourth-order valence-corrected chi connectivity index (χ4v) is 3.49. The van der Waals surface area contributed by atoms with E-state index >= 15 is 0 Å². The first kappa shape index (κ1) is 11.1. The van der Waals surface area contributed by atoms with E-state index in [1.165, 1.54) is 12.2 Å². The van der Waals surface area contributed by atoms with E-state index in [2.05, 4.69) is 4.99 Å². The van der Waals surface area contributed by atoms with Crippen LogP contribution in [-0.4, -0.2) is 10.4 Å². The molecule has 0 saturated carbocycles. The number of hydrogen-bond acceptors (Lipinski definition) is 2. The van der Waals surface area contributed by atoms with Crippen LogP contribution in [0.1, 0.15) is 0 Å². The Morgan fingerprint density at radius 2 is 2.12 bits per heavy atom. The molecule has 17 heavy (non-hydrogen) atoms. The molecular weight excluding hydrogens is 257 g/mol. The average Bonchev–Trinajstić information content (AvgIpc) is 2.46. The zero-order chi connectivity index (χ0) is 11.8. The van der Waals surface area contributed by atoms with Crippen molar-refractivity contribution in [1.29, 1.82) is 0 Å². The molecule has 1 nitrogen and oxygen atoms in total. The fraction of sp³-hybridized carbons (Fsp3) is 0.154. The quantitative estimate of drug-likeness (QED) is 0.674. The third-order valence-electron chi connectivity index (χ3n) is 2.77. The average molecular weight is 266 g/mol. The molecule has 1 aliphatic heterocycles. The van der Waals surface area contributed by atoms with Gasteiger partial charge in [-0.05, 0) is 24.3 Å². The molecule has 2 atom stereocenters. The van der Waals surface area contributed by atoms with Gasteiger partial charge in [0, 0.05) is 16.1 Å². The number of benzene rings is 1. The van der Waals surface area contributed by atoms with Crippen molar-refractivity contribution in [2.75, 3.05) is 0 Å². The first-order valence-corrected chi connectivity index (χ1v) is 6.55. The largest absolute Gasteiger partial charge is 0.239 e. The SMILES string of the molecule is FC1=CC2C(Cl)=Nc3ccccc3SC2C=C1. The van der Waals surface area contributed by atoms with Gasteiger partial charge in [-0.25, -0.2) is 9.38 Å². The minimum atomic E-state index is -0.244. The molecule has 1 aliphatic carbocycles. The van der Waals surface area contributed by atoms with Gasteiger partial charge in [0.2, 0.25) is 0 Å². The highest BCUT2D eigenvalue weighted by Gasteiger charge is 2.29. The van der Waals surface area contributed by atoms with Crippen molar-refractivity contribution in [1.82, 2.24) is 0 Å². The van der Waals surface area contributed by atoms with Crippen LogP contribution in [0.25, 0.3) is 0 Å². The van der Waals surface area contributed by atoms with Crippen molar-refractivity contribution in [3.8, 4) is 0 Å². The monoisotopic (exact) mass is 265 g/mol. The van der Waals surface area contributed by atoms with E-state index in [1.807, 2.05) is 30.3 Å². The molecule has 1 aromatic carbocycles. The van der Waals surface area contributed by atoms with Gasteiger partial charge in [-0.15, -0.1) is 11.8 Å².